The summed E-state index contributed by atoms with van der Waals surface area (Å²) in [6.07, 6.45) is 6.51. The first kappa shape index (κ1) is 14.4. The van der Waals surface area contributed by atoms with E-state index < -0.39 is 12.9 Å². The largest absolute Gasteiger partial charge is 0.354 e. The van der Waals surface area contributed by atoms with Crippen LogP contribution in [0.3, 0.4) is 0 Å². The smallest absolute Gasteiger partial charge is 0.273 e. The molecular weight excluding hydrogens is 364 g/mol. The molecule has 2 amide bonds. The number of pyridine rings is 1. The number of carbonyl (C=O) groups is 2. The third-order valence-corrected chi connectivity index (χ3v) is 5.79. The van der Waals surface area contributed by atoms with Gasteiger partial charge in [0.25, 0.3) is 5.91 Å². The van der Waals surface area contributed by atoms with E-state index in [1.807, 2.05) is 17.6 Å². The summed E-state index contributed by atoms with van der Waals surface area (Å²) < 4.78 is 21.8. The SMILES string of the molecule is [2H]C([2H])([2H])NC(=O)c1nnc(NC(=O)[C@H]2CC23CC3)cc1Nc1ncccc1SC. The van der Waals surface area contributed by atoms with E-state index >= 15 is 0 Å². The zero-order chi connectivity index (χ0) is 21.5. The monoisotopic (exact) mass is 387 g/mol. The van der Waals surface area contributed by atoms with Crippen LogP contribution in [0.2, 0.25) is 0 Å². The van der Waals surface area contributed by atoms with Crippen LogP contribution < -0.4 is 16.0 Å². The third-order valence-electron chi connectivity index (χ3n) is 5.02. The molecule has 3 N–H and O–H groups in total. The van der Waals surface area contributed by atoms with Crippen molar-refractivity contribution in [3.63, 3.8) is 0 Å². The molecule has 0 saturated heterocycles. The maximum Gasteiger partial charge on any atom is 0.273 e. The van der Waals surface area contributed by atoms with Crippen molar-refractivity contribution >= 4 is 40.9 Å². The molecule has 2 aliphatic rings. The van der Waals surface area contributed by atoms with Crippen molar-refractivity contribution in [2.75, 3.05) is 23.9 Å². The number of amides is 2. The van der Waals surface area contributed by atoms with Crippen LogP contribution in [-0.2, 0) is 4.79 Å². The summed E-state index contributed by atoms with van der Waals surface area (Å²) >= 11 is 1.45. The molecule has 0 radical (unpaired) electrons. The van der Waals surface area contributed by atoms with Crippen LogP contribution >= 0.6 is 11.8 Å². The van der Waals surface area contributed by atoms with E-state index in [4.69, 9.17) is 4.11 Å². The molecule has 0 aliphatic heterocycles. The van der Waals surface area contributed by atoms with Gasteiger partial charge in [-0.05, 0) is 43.1 Å². The van der Waals surface area contributed by atoms with E-state index in [0.717, 1.165) is 24.2 Å². The van der Waals surface area contributed by atoms with Crippen molar-refractivity contribution in [3.05, 3.63) is 30.1 Å². The van der Waals surface area contributed by atoms with E-state index in [9.17, 15) is 9.59 Å². The molecule has 4 rings (SSSR count). The summed E-state index contributed by atoms with van der Waals surface area (Å²) in [7, 11) is 0. The maximum atomic E-state index is 12.4. The second kappa shape index (κ2) is 6.80. The van der Waals surface area contributed by atoms with Gasteiger partial charge in [-0.3, -0.25) is 9.59 Å². The highest BCUT2D eigenvalue weighted by molar-refractivity contribution is 7.98. The number of nitrogens with one attached hydrogen (secondary N) is 3. The molecule has 1 atom stereocenters. The van der Waals surface area contributed by atoms with Crippen molar-refractivity contribution in [2.45, 2.75) is 24.2 Å². The molecule has 0 aromatic carbocycles. The van der Waals surface area contributed by atoms with E-state index in [0.29, 0.717) is 5.82 Å². The quantitative estimate of drug-likeness (QED) is 0.653. The van der Waals surface area contributed by atoms with Gasteiger partial charge in [0, 0.05) is 34.2 Å². The Labute approximate surface area is 165 Å². The number of nitrogens with zero attached hydrogens (tertiary/aromatic N) is 3. The van der Waals surface area contributed by atoms with Crippen molar-refractivity contribution in [3.8, 4) is 0 Å². The number of aromatic nitrogens is 3. The highest BCUT2D eigenvalue weighted by Gasteiger charge is 2.65. The Morgan fingerprint density at radius 1 is 1.37 bits per heavy atom. The van der Waals surface area contributed by atoms with E-state index in [2.05, 4.69) is 25.8 Å². The first-order valence-corrected chi connectivity index (χ1v) is 9.70. The van der Waals surface area contributed by atoms with Crippen LogP contribution in [0.25, 0.3) is 0 Å². The van der Waals surface area contributed by atoms with Gasteiger partial charge < -0.3 is 16.0 Å². The molecule has 0 unspecified atom stereocenters. The lowest BCUT2D eigenvalue weighted by atomic mass is 10.2. The number of hydrogen-bond donors (Lipinski definition) is 3. The van der Waals surface area contributed by atoms with Gasteiger partial charge in [0.1, 0.15) is 5.82 Å². The van der Waals surface area contributed by atoms with Crippen LogP contribution in [0.1, 0.15) is 33.9 Å². The summed E-state index contributed by atoms with van der Waals surface area (Å²) in [5, 5.41) is 15.4. The molecule has 8 nitrogen and oxygen atoms in total. The Morgan fingerprint density at radius 3 is 2.93 bits per heavy atom. The Balaban J connectivity index is 1.61. The second-order valence-corrected chi connectivity index (χ2v) is 7.58. The summed E-state index contributed by atoms with van der Waals surface area (Å²) in [6, 6.07) is 5.08. The Hall–Kier alpha value is -2.68. The van der Waals surface area contributed by atoms with Crippen molar-refractivity contribution in [1.82, 2.24) is 20.5 Å². The number of carbonyl (C=O) groups excluding carboxylic acids is 2. The lowest BCUT2D eigenvalue weighted by Gasteiger charge is -2.13. The van der Waals surface area contributed by atoms with Crippen LogP contribution in [0, 0.1) is 11.3 Å². The second-order valence-electron chi connectivity index (χ2n) is 6.73. The molecule has 27 heavy (non-hydrogen) atoms. The molecule has 2 aromatic rings. The van der Waals surface area contributed by atoms with E-state index in [1.165, 1.54) is 17.8 Å². The first-order valence-electron chi connectivity index (χ1n) is 9.98. The normalized spacial score (nSPS) is 20.8. The van der Waals surface area contributed by atoms with Gasteiger partial charge in [0.05, 0.1) is 5.69 Å². The Bertz CT molecular complexity index is 1010. The molecule has 2 aromatic heterocycles. The summed E-state index contributed by atoms with van der Waals surface area (Å²) in [5.41, 5.74) is 0.166. The molecular formula is C18H20N6O2S. The predicted octanol–water partition coefficient (Wildman–Crippen LogP) is 2.44. The van der Waals surface area contributed by atoms with Crippen LogP contribution in [0.4, 0.5) is 17.3 Å². The molecule has 9 heteroatoms. The van der Waals surface area contributed by atoms with Crippen LogP contribution in [0.15, 0.2) is 29.3 Å². The minimum Gasteiger partial charge on any atom is -0.354 e. The predicted molar refractivity (Wildman–Crippen MR) is 103 cm³/mol. The third kappa shape index (κ3) is 3.46. The van der Waals surface area contributed by atoms with Gasteiger partial charge in [0.2, 0.25) is 5.91 Å². The van der Waals surface area contributed by atoms with Gasteiger partial charge in [-0.25, -0.2) is 4.98 Å². The number of rotatable bonds is 6. The molecule has 1 spiro atoms. The fourth-order valence-corrected chi connectivity index (χ4v) is 3.71. The van der Waals surface area contributed by atoms with Gasteiger partial charge in [0.15, 0.2) is 11.5 Å². The van der Waals surface area contributed by atoms with Crippen LogP contribution in [0.5, 0.6) is 0 Å². The van der Waals surface area contributed by atoms with Gasteiger partial charge >= 0.3 is 0 Å². The standard InChI is InChI=1S/C18H20N6O2S/c1-19-17(26)14-11(21-15-12(27-2)4-3-7-20-15)8-13(23-24-14)22-16(25)10-9-18(10)5-6-18/h3-4,7-8,10H,5-6,9H2,1-2H3,(H,19,26)(H2,20,21,22,23,25)/t10-/m1/s1/i1D3. The average Bonchev–Trinajstić information content (AvgIpc) is 3.60. The van der Waals surface area contributed by atoms with Gasteiger partial charge in [-0.15, -0.1) is 22.0 Å². The molecule has 2 heterocycles. The lowest BCUT2D eigenvalue weighted by Crippen LogP contribution is -2.23. The Kier molecular flexibility index (Phi) is 3.63. The number of anilines is 3. The summed E-state index contributed by atoms with van der Waals surface area (Å²) in [4.78, 5) is 30.0. The topological polar surface area (TPSA) is 109 Å². The minimum absolute atomic E-state index is 0.00636. The number of thioether (sulfide) groups is 1. The highest BCUT2D eigenvalue weighted by atomic mass is 32.2. The van der Waals surface area contributed by atoms with E-state index in [-0.39, 0.29) is 34.4 Å². The Morgan fingerprint density at radius 2 is 2.22 bits per heavy atom. The minimum atomic E-state index is -2.68. The van der Waals surface area contributed by atoms with Crippen molar-refractivity contribution < 1.29 is 13.7 Å². The molecule has 2 aliphatic carbocycles. The molecule has 2 saturated carbocycles. The first-order chi connectivity index (χ1) is 14.2. The zero-order valence-electron chi connectivity index (χ0n) is 17.6. The van der Waals surface area contributed by atoms with Crippen LogP contribution in [-0.4, -0.2) is 40.2 Å². The fourth-order valence-electron chi connectivity index (χ4n) is 3.20. The lowest BCUT2D eigenvalue weighted by molar-refractivity contribution is -0.117. The van der Waals surface area contributed by atoms with Gasteiger partial charge in [-0.1, -0.05) is 0 Å². The average molecular weight is 387 g/mol. The summed E-state index contributed by atoms with van der Waals surface area (Å²) in [5.74, 6) is -0.388. The number of hydrogen-bond acceptors (Lipinski definition) is 7. The molecule has 2 fully saturated rings. The summed E-state index contributed by atoms with van der Waals surface area (Å²) in [6.45, 7) is -2.68. The van der Waals surface area contributed by atoms with Crippen molar-refractivity contribution in [2.24, 2.45) is 11.3 Å². The molecule has 140 valence electrons. The fraction of sp³-hybridized carbons (Fsp3) is 0.389. The van der Waals surface area contributed by atoms with Gasteiger partial charge in [-0.2, -0.15) is 0 Å². The zero-order valence-corrected chi connectivity index (χ0v) is 15.4. The van der Waals surface area contributed by atoms with E-state index in [1.54, 1.807) is 12.3 Å². The maximum absolute atomic E-state index is 12.4. The molecule has 0 bridgehead atoms. The highest BCUT2D eigenvalue weighted by Crippen LogP contribution is 2.70. The van der Waals surface area contributed by atoms with Crippen molar-refractivity contribution in [1.29, 1.82) is 0 Å².